The second kappa shape index (κ2) is 8.39. The number of rotatable bonds is 7. The van der Waals surface area contributed by atoms with Crippen LogP contribution in [0.25, 0.3) is 6.08 Å². The van der Waals surface area contributed by atoms with Crippen molar-refractivity contribution < 1.29 is 21.9 Å². The highest BCUT2D eigenvalue weighted by molar-refractivity contribution is 7.89. The molecule has 0 atom stereocenters. The third kappa shape index (κ3) is 4.87. The van der Waals surface area contributed by atoms with Gasteiger partial charge in [0.15, 0.2) is 17.4 Å². The zero-order chi connectivity index (χ0) is 19.3. The Bertz CT molecular complexity index is 888. The van der Waals surface area contributed by atoms with Crippen molar-refractivity contribution in [3.05, 3.63) is 59.2 Å². The second-order valence-corrected chi connectivity index (χ2v) is 7.35. The zero-order valence-corrected chi connectivity index (χ0v) is 15.2. The Labute approximate surface area is 151 Å². The van der Waals surface area contributed by atoms with E-state index in [0.29, 0.717) is 5.56 Å². The Kier molecular flexibility index (Phi) is 6.47. The summed E-state index contributed by atoms with van der Waals surface area (Å²) in [5.74, 6) is -2.19. The van der Waals surface area contributed by atoms with Crippen LogP contribution in [-0.4, -0.2) is 21.5 Å². The number of nitrogens with two attached hydrogens (primary N) is 1. The van der Waals surface area contributed by atoms with E-state index >= 15 is 0 Å². The Balaban J connectivity index is 2.26. The van der Waals surface area contributed by atoms with Gasteiger partial charge in [0.05, 0.1) is 4.90 Å². The van der Waals surface area contributed by atoms with E-state index in [0.717, 1.165) is 17.7 Å². The van der Waals surface area contributed by atoms with Crippen molar-refractivity contribution in [3.63, 3.8) is 0 Å². The Hall–Kier alpha value is -2.29. The first-order valence-corrected chi connectivity index (χ1v) is 9.39. The molecule has 0 saturated carbocycles. The molecule has 0 radical (unpaired) electrons. The Morgan fingerprint density at radius 2 is 1.77 bits per heavy atom. The summed E-state index contributed by atoms with van der Waals surface area (Å²) in [6.07, 6.45) is 1.58. The molecule has 2 aromatic carbocycles. The van der Waals surface area contributed by atoms with Crippen molar-refractivity contribution in [3.8, 4) is 11.5 Å². The maximum atomic E-state index is 14.2. The van der Waals surface area contributed by atoms with E-state index in [2.05, 4.69) is 4.72 Å². The van der Waals surface area contributed by atoms with Crippen LogP contribution in [0.4, 0.5) is 8.78 Å². The minimum atomic E-state index is -3.61. The van der Waals surface area contributed by atoms with Gasteiger partial charge >= 0.3 is 0 Å². The van der Waals surface area contributed by atoms with Crippen molar-refractivity contribution in [2.24, 2.45) is 5.73 Å². The average Bonchev–Trinajstić information content (AvgIpc) is 2.58. The maximum Gasteiger partial charge on any atom is 0.240 e. The quantitative estimate of drug-likeness (QED) is 0.769. The summed E-state index contributed by atoms with van der Waals surface area (Å²) in [5, 5.41) is 0. The second-order valence-electron chi connectivity index (χ2n) is 5.58. The maximum absolute atomic E-state index is 14.2. The van der Waals surface area contributed by atoms with Crippen LogP contribution in [0, 0.1) is 11.6 Å². The van der Waals surface area contributed by atoms with Gasteiger partial charge in [0.25, 0.3) is 0 Å². The van der Waals surface area contributed by atoms with Gasteiger partial charge in [-0.05, 0) is 48.9 Å². The molecule has 0 aliphatic heterocycles. The topological polar surface area (TPSA) is 81.4 Å². The molecule has 0 heterocycles. The summed E-state index contributed by atoms with van der Waals surface area (Å²) < 4.78 is 59.7. The minimum Gasteiger partial charge on any atom is -0.451 e. The molecule has 0 unspecified atom stereocenters. The zero-order valence-electron chi connectivity index (χ0n) is 14.4. The Morgan fingerprint density at radius 1 is 1.19 bits per heavy atom. The van der Waals surface area contributed by atoms with E-state index in [1.54, 1.807) is 19.9 Å². The number of ether oxygens (including phenoxy) is 1. The van der Waals surface area contributed by atoms with E-state index < -0.39 is 27.4 Å². The van der Waals surface area contributed by atoms with Gasteiger partial charge in [-0.1, -0.05) is 18.6 Å². The van der Waals surface area contributed by atoms with Crippen molar-refractivity contribution in [1.82, 2.24) is 4.72 Å². The third-order valence-electron chi connectivity index (χ3n) is 3.44. The number of hydrogen-bond acceptors (Lipinski definition) is 4. The monoisotopic (exact) mass is 382 g/mol. The largest absolute Gasteiger partial charge is 0.451 e. The summed E-state index contributed by atoms with van der Waals surface area (Å²) >= 11 is 0. The van der Waals surface area contributed by atoms with Crippen LogP contribution in [0.5, 0.6) is 11.5 Å². The molecule has 0 aliphatic rings. The highest BCUT2D eigenvalue weighted by Gasteiger charge is 2.15. The fraction of sp³-hybridized carbons (Fsp3) is 0.222. The van der Waals surface area contributed by atoms with E-state index in [4.69, 9.17) is 10.5 Å². The lowest BCUT2D eigenvalue weighted by Crippen LogP contribution is -2.22. The molecule has 0 bridgehead atoms. The highest BCUT2D eigenvalue weighted by Crippen LogP contribution is 2.29. The number of benzene rings is 2. The molecule has 5 nitrogen and oxygen atoms in total. The first-order valence-electron chi connectivity index (χ1n) is 7.90. The van der Waals surface area contributed by atoms with Crippen molar-refractivity contribution in [2.75, 3.05) is 13.1 Å². The molecule has 0 fully saturated rings. The molecule has 140 valence electrons. The molecule has 0 amide bonds. The summed E-state index contributed by atoms with van der Waals surface area (Å²) in [7, 11) is -3.61. The highest BCUT2D eigenvalue weighted by atomic mass is 32.2. The van der Waals surface area contributed by atoms with E-state index in [-0.39, 0.29) is 23.7 Å². The molecule has 0 aliphatic carbocycles. The SMILES string of the molecule is CCNS(=O)(=O)c1ccc(Oc2c(F)cc(/C=C(\C)CN)cc2F)cc1. The predicted molar refractivity (Wildman–Crippen MR) is 96.4 cm³/mol. The van der Waals surface area contributed by atoms with Crippen molar-refractivity contribution in [1.29, 1.82) is 0 Å². The summed E-state index contributed by atoms with van der Waals surface area (Å²) in [5.41, 5.74) is 6.57. The fourth-order valence-corrected chi connectivity index (χ4v) is 3.22. The van der Waals surface area contributed by atoms with Gasteiger partial charge in [-0.25, -0.2) is 21.9 Å². The molecule has 0 saturated heterocycles. The van der Waals surface area contributed by atoms with Crippen LogP contribution in [-0.2, 0) is 10.0 Å². The number of halogens is 2. The fourth-order valence-electron chi connectivity index (χ4n) is 2.18. The minimum absolute atomic E-state index is 0.0328. The lowest BCUT2D eigenvalue weighted by Gasteiger charge is -2.10. The summed E-state index contributed by atoms with van der Waals surface area (Å²) in [4.78, 5) is 0.0328. The van der Waals surface area contributed by atoms with Gasteiger partial charge < -0.3 is 10.5 Å². The van der Waals surface area contributed by atoms with Gasteiger partial charge in [0.1, 0.15) is 5.75 Å². The molecule has 2 aromatic rings. The molecule has 2 rings (SSSR count). The lowest BCUT2D eigenvalue weighted by atomic mass is 10.1. The molecule has 8 heteroatoms. The third-order valence-corrected chi connectivity index (χ3v) is 5.01. The predicted octanol–water partition coefficient (Wildman–Crippen LogP) is 3.42. The van der Waals surface area contributed by atoms with Crippen LogP contribution >= 0.6 is 0 Å². The van der Waals surface area contributed by atoms with Crippen LogP contribution in [0.2, 0.25) is 0 Å². The van der Waals surface area contributed by atoms with Crippen LogP contribution < -0.4 is 15.2 Å². The molecule has 3 N–H and O–H groups in total. The smallest absolute Gasteiger partial charge is 0.240 e. The van der Waals surface area contributed by atoms with Gasteiger partial charge in [0.2, 0.25) is 10.0 Å². The molecular formula is C18H20F2N2O3S. The first kappa shape index (κ1) is 20.0. The molecule has 0 aromatic heterocycles. The molecule has 0 spiro atoms. The molecule has 26 heavy (non-hydrogen) atoms. The first-order chi connectivity index (χ1) is 12.3. The van der Waals surface area contributed by atoms with Gasteiger partial charge in [-0.15, -0.1) is 0 Å². The lowest BCUT2D eigenvalue weighted by molar-refractivity contribution is 0.407. The van der Waals surface area contributed by atoms with E-state index in [9.17, 15) is 17.2 Å². The number of nitrogens with one attached hydrogen (secondary N) is 1. The van der Waals surface area contributed by atoms with Crippen LogP contribution in [0.1, 0.15) is 19.4 Å². The van der Waals surface area contributed by atoms with Gasteiger partial charge in [-0.3, -0.25) is 0 Å². The van der Waals surface area contributed by atoms with Gasteiger partial charge in [0, 0.05) is 13.1 Å². The number of sulfonamides is 1. The average molecular weight is 382 g/mol. The van der Waals surface area contributed by atoms with E-state index in [1.165, 1.54) is 24.3 Å². The summed E-state index contributed by atoms with van der Waals surface area (Å²) in [6.45, 7) is 3.95. The molecular weight excluding hydrogens is 362 g/mol. The van der Waals surface area contributed by atoms with Crippen molar-refractivity contribution in [2.45, 2.75) is 18.7 Å². The normalized spacial score (nSPS) is 12.3. The van der Waals surface area contributed by atoms with Crippen molar-refractivity contribution >= 4 is 16.1 Å². The van der Waals surface area contributed by atoms with Crippen LogP contribution in [0.3, 0.4) is 0 Å². The standard InChI is InChI=1S/C18H20F2N2O3S/c1-3-22-26(23,24)15-6-4-14(5-7-15)25-18-16(19)9-13(10-17(18)20)8-12(2)11-21/h4-10,22H,3,11,21H2,1-2H3/b12-8+. The Morgan fingerprint density at radius 3 is 2.27 bits per heavy atom. The van der Waals surface area contributed by atoms with E-state index in [1.807, 2.05) is 0 Å². The summed E-state index contributed by atoms with van der Waals surface area (Å²) in [6, 6.07) is 7.53. The number of hydrogen-bond donors (Lipinski definition) is 2. The van der Waals surface area contributed by atoms with Gasteiger partial charge in [-0.2, -0.15) is 0 Å². The van der Waals surface area contributed by atoms with Crippen LogP contribution in [0.15, 0.2) is 46.9 Å².